The van der Waals surface area contributed by atoms with Crippen LogP contribution >= 0.6 is 0 Å². The third-order valence-corrected chi connectivity index (χ3v) is 1.07. The number of hydrogen-bond donors (Lipinski definition) is 1. The summed E-state index contributed by atoms with van der Waals surface area (Å²) in [6.07, 6.45) is 0. The minimum Gasteiger partial charge on any atom is -0.871 e. The predicted molar refractivity (Wildman–Crippen MR) is 37.2 cm³/mol. The zero-order chi connectivity index (χ0) is 10.4. The molecule has 0 spiro atoms. The first-order valence-electron chi connectivity index (χ1n) is 3.41. The highest BCUT2D eigenvalue weighted by Crippen LogP contribution is 2.03. The average Bonchev–Trinajstić information content (AvgIpc) is 2.04. The number of hydroxylamine groups is 1. The van der Waals surface area contributed by atoms with Crippen LogP contribution in [0.3, 0.4) is 0 Å². The van der Waals surface area contributed by atoms with Gasteiger partial charge in [0, 0.05) is 0 Å². The highest BCUT2D eigenvalue weighted by Gasteiger charge is 2.21. The van der Waals surface area contributed by atoms with Crippen LogP contribution in [0.4, 0.5) is 0 Å². The molecule has 13 heavy (non-hydrogen) atoms. The molecule has 0 aromatic rings. The van der Waals surface area contributed by atoms with Crippen LogP contribution < -0.4 is 5.11 Å². The first-order valence-corrected chi connectivity index (χ1v) is 3.41. The lowest BCUT2D eigenvalue weighted by Crippen LogP contribution is -2.21. The average molecular weight is 189 g/mol. The van der Waals surface area contributed by atoms with E-state index in [0.717, 1.165) is 6.92 Å². The van der Waals surface area contributed by atoms with E-state index in [0.29, 0.717) is 0 Å². The van der Waals surface area contributed by atoms with Crippen molar-refractivity contribution < 1.29 is 24.7 Å². The molecule has 0 bridgehead atoms. The molecule has 7 nitrogen and oxygen atoms in total. The lowest BCUT2D eigenvalue weighted by atomic mass is 10.4. The molecule has 74 valence electrons. The molecule has 7 heteroatoms. The lowest BCUT2D eigenvalue weighted by Gasteiger charge is -2.08. The van der Waals surface area contributed by atoms with Crippen LogP contribution in [0.2, 0.25) is 0 Å². The standard InChI is InChI=1S/C6H10N2O5/c1-3-13-6(10)5(4(2)9)8(12)7-11/h9,11H,3H2,1-2H3/p-1/b5-4+,8-7-. The molecule has 0 radical (unpaired) electrons. The summed E-state index contributed by atoms with van der Waals surface area (Å²) in [5, 5.41) is 31.5. The van der Waals surface area contributed by atoms with Gasteiger partial charge < -0.3 is 20.3 Å². The van der Waals surface area contributed by atoms with Gasteiger partial charge in [0.2, 0.25) is 5.28 Å². The largest absolute Gasteiger partial charge is 0.871 e. The topological polar surface area (TPSA) is 108 Å². The highest BCUT2D eigenvalue weighted by molar-refractivity contribution is 5.85. The van der Waals surface area contributed by atoms with E-state index in [1.807, 2.05) is 0 Å². The monoisotopic (exact) mass is 189 g/mol. The van der Waals surface area contributed by atoms with E-state index in [2.05, 4.69) is 10.0 Å². The summed E-state index contributed by atoms with van der Waals surface area (Å²) in [4.78, 5) is 10.4. The van der Waals surface area contributed by atoms with Crippen LogP contribution in [-0.2, 0) is 9.53 Å². The van der Waals surface area contributed by atoms with Gasteiger partial charge in [0.05, 0.1) is 6.61 Å². The molecule has 0 heterocycles. The Morgan fingerprint density at radius 2 is 2.23 bits per heavy atom. The van der Waals surface area contributed by atoms with Gasteiger partial charge in [-0.2, -0.15) is 0 Å². The van der Waals surface area contributed by atoms with Crippen molar-refractivity contribution in [3.05, 3.63) is 16.7 Å². The molecule has 1 N–H and O–H groups in total. The van der Waals surface area contributed by atoms with Crippen LogP contribution in [-0.4, -0.2) is 22.6 Å². The molecular formula is C6H9N2O5-. The van der Waals surface area contributed by atoms with Crippen molar-refractivity contribution >= 4 is 5.97 Å². The number of hydrogen-bond acceptors (Lipinski definition) is 5. The molecule has 0 aromatic heterocycles. The van der Waals surface area contributed by atoms with E-state index in [1.165, 1.54) is 6.92 Å². The molecule has 0 aliphatic heterocycles. The van der Waals surface area contributed by atoms with Crippen LogP contribution in [0.5, 0.6) is 0 Å². The van der Waals surface area contributed by atoms with E-state index in [4.69, 9.17) is 5.21 Å². The van der Waals surface area contributed by atoms with Gasteiger partial charge in [-0.15, -0.1) is 0 Å². The van der Waals surface area contributed by atoms with Crippen molar-refractivity contribution in [1.82, 2.24) is 0 Å². The Hall–Kier alpha value is -1.79. The SMILES string of the molecule is CCOC(=O)C(=C(/C)[O-])/[N+]([O-])=N/O. The summed E-state index contributed by atoms with van der Waals surface area (Å²) >= 11 is 0. The van der Waals surface area contributed by atoms with E-state index < -0.39 is 22.3 Å². The summed E-state index contributed by atoms with van der Waals surface area (Å²) in [5.41, 5.74) is -0.857. The Labute approximate surface area is 74.1 Å². The van der Waals surface area contributed by atoms with Crippen LogP contribution in [0, 0.1) is 5.21 Å². The normalized spacial score (nSPS) is 13.5. The molecule has 0 rings (SSSR count). The number of ether oxygens (including phenoxy) is 1. The number of esters is 1. The van der Waals surface area contributed by atoms with Crippen molar-refractivity contribution in [1.29, 1.82) is 0 Å². The van der Waals surface area contributed by atoms with E-state index in [1.54, 1.807) is 0 Å². The molecule has 0 atom stereocenters. The highest BCUT2D eigenvalue weighted by atomic mass is 16.6. The number of carbonyl (C=O) groups is 1. The second kappa shape index (κ2) is 4.96. The Bertz CT molecular complexity index is 254. The third kappa shape index (κ3) is 2.97. The van der Waals surface area contributed by atoms with Crippen molar-refractivity contribution in [2.24, 2.45) is 5.28 Å². The van der Waals surface area contributed by atoms with Gasteiger partial charge in [0.1, 0.15) is 0 Å². The summed E-state index contributed by atoms with van der Waals surface area (Å²) in [7, 11) is 0. The molecule has 0 unspecified atom stereocenters. The molecule has 0 aromatic carbocycles. The van der Waals surface area contributed by atoms with Crippen molar-refractivity contribution in [3.8, 4) is 0 Å². The molecule has 0 fully saturated rings. The maximum Gasteiger partial charge on any atom is 0.406 e. The predicted octanol–water partition coefficient (Wildman–Crippen LogP) is -0.507. The zero-order valence-electron chi connectivity index (χ0n) is 7.18. The first-order chi connectivity index (χ1) is 6.04. The van der Waals surface area contributed by atoms with E-state index >= 15 is 0 Å². The van der Waals surface area contributed by atoms with Gasteiger partial charge in [0.15, 0.2) is 0 Å². The molecule has 0 aliphatic carbocycles. The second-order valence-electron chi connectivity index (χ2n) is 1.99. The molecule has 0 saturated carbocycles. The Balaban J connectivity index is 4.86. The second-order valence-corrected chi connectivity index (χ2v) is 1.99. The Morgan fingerprint density at radius 1 is 1.69 bits per heavy atom. The summed E-state index contributed by atoms with van der Waals surface area (Å²) in [6.45, 7) is 2.53. The van der Waals surface area contributed by atoms with Crippen molar-refractivity contribution in [2.45, 2.75) is 13.8 Å². The Morgan fingerprint density at radius 3 is 2.54 bits per heavy atom. The lowest BCUT2D eigenvalue weighted by molar-refractivity contribution is -0.513. The van der Waals surface area contributed by atoms with Gasteiger partial charge >= 0.3 is 11.7 Å². The fourth-order valence-electron chi connectivity index (χ4n) is 0.601. The van der Waals surface area contributed by atoms with Crippen molar-refractivity contribution in [3.63, 3.8) is 0 Å². The van der Waals surface area contributed by atoms with Gasteiger partial charge in [-0.05, 0) is 24.5 Å². The zero-order valence-corrected chi connectivity index (χ0v) is 7.18. The number of rotatable bonds is 3. The maximum atomic E-state index is 10.9. The maximum absolute atomic E-state index is 10.9. The fraction of sp³-hybridized carbons (Fsp3) is 0.500. The minimum absolute atomic E-state index is 0.0227. The molecular weight excluding hydrogens is 180 g/mol. The molecule has 0 saturated heterocycles. The Kier molecular flexibility index (Phi) is 4.28. The third-order valence-electron chi connectivity index (χ3n) is 1.07. The first kappa shape index (κ1) is 11.2. The molecule has 0 aliphatic rings. The molecule has 0 amide bonds. The number of carbonyl (C=O) groups excluding carboxylic acids is 1. The summed E-state index contributed by atoms with van der Waals surface area (Å²) in [5.74, 6) is -1.94. The van der Waals surface area contributed by atoms with E-state index in [-0.39, 0.29) is 6.61 Å². The summed E-state index contributed by atoms with van der Waals surface area (Å²) < 4.78 is 4.38. The quantitative estimate of drug-likeness (QED) is 0.161. The van der Waals surface area contributed by atoms with Crippen molar-refractivity contribution in [2.75, 3.05) is 6.61 Å². The van der Waals surface area contributed by atoms with Crippen LogP contribution in [0.25, 0.3) is 0 Å². The fourth-order valence-corrected chi connectivity index (χ4v) is 0.601. The van der Waals surface area contributed by atoms with Gasteiger partial charge in [-0.25, -0.2) is 4.79 Å². The number of allylic oxidation sites excluding steroid dienone is 1. The summed E-state index contributed by atoms with van der Waals surface area (Å²) in [6, 6.07) is 0. The van der Waals surface area contributed by atoms with Gasteiger partial charge in [-0.3, -0.25) is 0 Å². The smallest absolute Gasteiger partial charge is 0.406 e. The minimum atomic E-state index is -1.11. The van der Waals surface area contributed by atoms with Crippen LogP contribution in [0.15, 0.2) is 16.7 Å². The number of nitrogens with zero attached hydrogens (tertiary/aromatic N) is 2. The van der Waals surface area contributed by atoms with Gasteiger partial charge in [0.25, 0.3) is 0 Å². The van der Waals surface area contributed by atoms with E-state index in [9.17, 15) is 15.1 Å². The van der Waals surface area contributed by atoms with Gasteiger partial charge in [-0.1, -0.05) is 0 Å². The van der Waals surface area contributed by atoms with Crippen LogP contribution in [0.1, 0.15) is 13.8 Å².